The first-order chi connectivity index (χ1) is 18.5. The van der Waals surface area contributed by atoms with Crippen molar-refractivity contribution in [3.8, 4) is 17.2 Å². The van der Waals surface area contributed by atoms with Gasteiger partial charge < -0.3 is 35.5 Å². The van der Waals surface area contributed by atoms with Crippen molar-refractivity contribution < 1.29 is 23.8 Å². The van der Waals surface area contributed by atoms with Crippen LogP contribution in [0.25, 0.3) is 0 Å². The van der Waals surface area contributed by atoms with Gasteiger partial charge >= 0.3 is 0 Å². The fourth-order valence-corrected chi connectivity index (χ4v) is 4.14. The summed E-state index contributed by atoms with van der Waals surface area (Å²) in [6, 6.07) is 13.7. The van der Waals surface area contributed by atoms with Gasteiger partial charge in [0.05, 0.1) is 13.7 Å². The van der Waals surface area contributed by atoms with Crippen LogP contribution < -0.4 is 35.5 Å². The van der Waals surface area contributed by atoms with Crippen molar-refractivity contribution in [3.63, 3.8) is 0 Å². The van der Waals surface area contributed by atoms with Gasteiger partial charge in [0.1, 0.15) is 36.4 Å². The van der Waals surface area contributed by atoms with E-state index in [0.717, 1.165) is 11.4 Å². The monoisotopic (exact) mass is 538 g/mol. The van der Waals surface area contributed by atoms with E-state index >= 15 is 0 Å². The van der Waals surface area contributed by atoms with Gasteiger partial charge in [-0.15, -0.1) is 0 Å². The Balaban J connectivity index is 1.59. The van der Waals surface area contributed by atoms with Crippen LogP contribution in [0.4, 0.5) is 23.0 Å². The Morgan fingerprint density at radius 3 is 2.58 bits per heavy atom. The summed E-state index contributed by atoms with van der Waals surface area (Å²) in [6.45, 7) is 0.219. The Hall–Kier alpha value is -4.19. The molecule has 0 saturated heterocycles. The number of carbonyl (C=O) groups is 2. The predicted molar refractivity (Wildman–Crippen MR) is 147 cm³/mol. The number of nitrogens with one attached hydrogen (secondary N) is 4. The minimum Gasteiger partial charge on any atom is -0.493 e. The fraction of sp³-hybridized carbons (Fsp3) is 0.308. The van der Waals surface area contributed by atoms with E-state index in [1.807, 2.05) is 18.4 Å². The molecule has 1 aromatic heterocycles. The van der Waals surface area contributed by atoms with Crippen LogP contribution in [0.5, 0.6) is 17.2 Å². The molecule has 1 atom stereocenters. The second-order valence-corrected chi connectivity index (χ2v) is 9.25. The molecule has 0 radical (unpaired) electrons. The zero-order chi connectivity index (χ0) is 26.7. The van der Waals surface area contributed by atoms with E-state index in [9.17, 15) is 9.59 Å². The van der Waals surface area contributed by atoms with Gasteiger partial charge in [0, 0.05) is 29.6 Å². The SMILES string of the molecule is COc1ccc2cc1OCCNC(=O)C(CCSC)NC(=O)COc1cccc(c1)Nc1cc(ncn1)N2. The van der Waals surface area contributed by atoms with E-state index in [4.69, 9.17) is 14.2 Å². The van der Waals surface area contributed by atoms with Crippen LogP contribution in [0.1, 0.15) is 6.42 Å². The number of hydrogen-bond donors (Lipinski definition) is 4. The maximum Gasteiger partial charge on any atom is 0.258 e. The van der Waals surface area contributed by atoms with E-state index < -0.39 is 6.04 Å². The third-order valence-electron chi connectivity index (χ3n) is 5.50. The third-order valence-corrected chi connectivity index (χ3v) is 6.14. The highest BCUT2D eigenvalue weighted by Gasteiger charge is 2.20. The first kappa shape index (κ1) is 26.9. The van der Waals surface area contributed by atoms with Gasteiger partial charge in [-0.2, -0.15) is 11.8 Å². The number of anilines is 4. The van der Waals surface area contributed by atoms with Crippen molar-refractivity contribution >= 4 is 46.6 Å². The minimum atomic E-state index is -0.687. The molecular weight excluding hydrogens is 508 g/mol. The number of fused-ring (bicyclic) bond motifs is 6. The molecule has 0 aliphatic carbocycles. The number of amides is 2. The van der Waals surface area contributed by atoms with Gasteiger partial charge in [-0.25, -0.2) is 9.97 Å². The predicted octanol–water partition coefficient (Wildman–Crippen LogP) is 3.10. The van der Waals surface area contributed by atoms with E-state index in [1.165, 1.54) is 6.33 Å². The lowest BCUT2D eigenvalue weighted by Gasteiger charge is -2.19. The Kier molecular flexibility index (Phi) is 9.46. The molecule has 0 spiro atoms. The highest BCUT2D eigenvalue weighted by molar-refractivity contribution is 7.98. The second-order valence-electron chi connectivity index (χ2n) is 8.26. The number of rotatable bonds is 4. The molecule has 4 rings (SSSR count). The van der Waals surface area contributed by atoms with Crippen LogP contribution in [-0.4, -0.2) is 66.7 Å². The summed E-state index contributed by atoms with van der Waals surface area (Å²) in [6.07, 6.45) is 3.88. The van der Waals surface area contributed by atoms with Crippen LogP contribution in [0.15, 0.2) is 54.9 Å². The smallest absolute Gasteiger partial charge is 0.258 e. The van der Waals surface area contributed by atoms with Crippen molar-refractivity contribution in [3.05, 3.63) is 54.9 Å². The molecule has 38 heavy (non-hydrogen) atoms. The van der Waals surface area contributed by atoms with Crippen LogP contribution in [0, 0.1) is 0 Å². The first-order valence-corrected chi connectivity index (χ1v) is 13.4. The Labute approximate surface area is 225 Å². The van der Waals surface area contributed by atoms with E-state index in [0.29, 0.717) is 41.1 Å². The van der Waals surface area contributed by atoms with Crippen molar-refractivity contribution in [2.45, 2.75) is 12.5 Å². The summed E-state index contributed by atoms with van der Waals surface area (Å²) in [5.74, 6) is 2.72. The van der Waals surface area contributed by atoms with Crippen LogP contribution in [-0.2, 0) is 9.59 Å². The summed E-state index contributed by atoms with van der Waals surface area (Å²) < 4.78 is 17.0. The van der Waals surface area contributed by atoms with Gasteiger partial charge in [-0.1, -0.05) is 6.07 Å². The zero-order valence-corrected chi connectivity index (χ0v) is 22.0. The Morgan fingerprint density at radius 2 is 1.82 bits per heavy atom. The topological polar surface area (TPSA) is 136 Å². The van der Waals surface area contributed by atoms with Crippen LogP contribution in [0.3, 0.4) is 0 Å². The number of aromatic nitrogens is 2. The Morgan fingerprint density at radius 1 is 1.03 bits per heavy atom. The van der Waals surface area contributed by atoms with Gasteiger partial charge in [-0.05, 0) is 42.7 Å². The molecule has 2 amide bonds. The number of methoxy groups -OCH3 is 1. The molecule has 6 bridgehead atoms. The largest absolute Gasteiger partial charge is 0.493 e. The number of benzene rings is 2. The van der Waals surface area contributed by atoms with Gasteiger partial charge in [0.15, 0.2) is 18.1 Å². The number of hydrogen-bond acceptors (Lipinski definition) is 10. The quantitative estimate of drug-likeness (QED) is 0.392. The molecule has 11 nitrogen and oxygen atoms in total. The zero-order valence-electron chi connectivity index (χ0n) is 21.2. The maximum atomic E-state index is 12.8. The van der Waals surface area contributed by atoms with Crippen molar-refractivity contribution in [1.82, 2.24) is 20.6 Å². The maximum absolute atomic E-state index is 12.8. The normalized spacial score (nSPS) is 16.2. The summed E-state index contributed by atoms with van der Waals surface area (Å²) >= 11 is 1.60. The average Bonchev–Trinajstić information content (AvgIpc) is 2.92. The van der Waals surface area contributed by atoms with Gasteiger partial charge in [0.2, 0.25) is 5.91 Å². The lowest BCUT2D eigenvalue weighted by Crippen LogP contribution is -2.49. The van der Waals surface area contributed by atoms with E-state index in [1.54, 1.807) is 55.3 Å². The summed E-state index contributed by atoms with van der Waals surface area (Å²) in [7, 11) is 1.56. The van der Waals surface area contributed by atoms with E-state index in [2.05, 4.69) is 31.2 Å². The Bertz CT molecular complexity index is 1260. The molecule has 4 N–H and O–H groups in total. The highest BCUT2D eigenvalue weighted by Crippen LogP contribution is 2.31. The molecule has 2 heterocycles. The molecule has 12 heteroatoms. The fourth-order valence-electron chi connectivity index (χ4n) is 3.67. The lowest BCUT2D eigenvalue weighted by atomic mass is 10.2. The highest BCUT2D eigenvalue weighted by atomic mass is 32.2. The molecule has 200 valence electrons. The molecule has 0 fully saturated rings. The number of nitrogens with zero attached hydrogens (tertiary/aromatic N) is 2. The molecule has 1 aliphatic rings. The average molecular weight is 539 g/mol. The van der Waals surface area contributed by atoms with Gasteiger partial charge in [-0.3, -0.25) is 9.59 Å². The second kappa shape index (κ2) is 13.4. The van der Waals surface area contributed by atoms with Crippen LogP contribution >= 0.6 is 11.8 Å². The number of ether oxygens (including phenoxy) is 3. The number of carbonyl (C=O) groups excluding carboxylic acids is 2. The number of thioether (sulfide) groups is 1. The molecule has 0 saturated carbocycles. The summed E-state index contributed by atoms with van der Waals surface area (Å²) in [5.41, 5.74) is 1.45. The van der Waals surface area contributed by atoms with Crippen molar-refractivity contribution in [2.24, 2.45) is 0 Å². The van der Waals surface area contributed by atoms with E-state index in [-0.39, 0.29) is 31.6 Å². The molecule has 3 aromatic rings. The molecule has 1 unspecified atom stereocenters. The van der Waals surface area contributed by atoms with Crippen molar-refractivity contribution in [2.75, 3.05) is 49.5 Å². The molecular formula is C26H30N6O5S. The van der Waals surface area contributed by atoms with Crippen molar-refractivity contribution in [1.29, 1.82) is 0 Å². The van der Waals surface area contributed by atoms with Gasteiger partial charge in [0.25, 0.3) is 5.91 Å². The standard InChI is InChI=1S/C26H30N6O5S/c1-35-21-7-6-18-13-22(21)36-10-9-27-26(34)20(8-11-38-2)32-25(33)15-37-19-5-3-4-17(12-19)30-23-14-24(31-18)29-16-28-23/h3-7,12-14,16,20H,8-11,15H2,1-2H3,(H,27,34)(H,32,33)(H2,28,29,30,31). The summed E-state index contributed by atoms with van der Waals surface area (Å²) in [5, 5.41) is 12.1. The minimum absolute atomic E-state index is 0.203. The lowest BCUT2D eigenvalue weighted by molar-refractivity contribution is -0.130. The molecule has 1 aliphatic heterocycles. The van der Waals surface area contributed by atoms with Crippen LogP contribution in [0.2, 0.25) is 0 Å². The third kappa shape index (κ3) is 7.65. The first-order valence-electron chi connectivity index (χ1n) is 12.0. The molecule has 2 aromatic carbocycles. The summed E-state index contributed by atoms with van der Waals surface area (Å²) in [4.78, 5) is 34.0.